The van der Waals surface area contributed by atoms with Crippen LogP contribution >= 0.6 is 0 Å². The van der Waals surface area contributed by atoms with E-state index in [0.717, 1.165) is 87.7 Å². The molecule has 9 nitrogen and oxygen atoms in total. The van der Waals surface area contributed by atoms with E-state index in [2.05, 4.69) is 30.0 Å². The van der Waals surface area contributed by atoms with Gasteiger partial charge in [0.15, 0.2) is 0 Å². The lowest BCUT2D eigenvalue weighted by atomic mass is 10.0. The third kappa shape index (κ3) is 4.34. The maximum atomic E-state index is 12.7. The number of carbonyl (C=O) groups excluding carboxylic acids is 1. The molecular formula is C24H33N7O2. The van der Waals surface area contributed by atoms with E-state index in [1.54, 1.807) is 19.3 Å². The van der Waals surface area contributed by atoms with E-state index in [0.29, 0.717) is 17.7 Å². The summed E-state index contributed by atoms with van der Waals surface area (Å²) in [7, 11) is 3.65. The van der Waals surface area contributed by atoms with Crippen molar-refractivity contribution in [2.24, 2.45) is 0 Å². The Morgan fingerprint density at radius 3 is 2.70 bits per heavy atom. The number of anilines is 2. The van der Waals surface area contributed by atoms with Crippen molar-refractivity contribution in [1.29, 1.82) is 0 Å². The number of hydrogen-bond acceptors (Lipinski definition) is 7. The van der Waals surface area contributed by atoms with Gasteiger partial charge in [-0.2, -0.15) is 0 Å². The average molecular weight is 452 g/mol. The summed E-state index contributed by atoms with van der Waals surface area (Å²) in [6.07, 6.45) is 6.89. The highest BCUT2D eigenvalue weighted by Crippen LogP contribution is 2.36. The molecule has 9 heteroatoms. The molecule has 176 valence electrons. The van der Waals surface area contributed by atoms with Crippen LogP contribution in [0.5, 0.6) is 0 Å². The van der Waals surface area contributed by atoms with Gasteiger partial charge in [-0.3, -0.25) is 14.5 Å². The highest BCUT2D eigenvalue weighted by Gasteiger charge is 2.34. The molecule has 3 aliphatic rings. The molecular weight excluding hydrogens is 418 g/mol. The average Bonchev–Trinajstić information content (AvgIpc) is 3.35. The fraction of sp³-hybridized carbons (Fsp3) is 0.583. The minimum Gasteiger partial charge on any atom is -0.368 e. The van der Waals surface area contributed by atoms with Gasteiger partial charge in [0, 0.05) is 58.8 Å². The lowest BCUT2D eigenvalue weighted by Gasteiger charge is -2.39. The summed E-state index contributed by atoms with van der Waals surface area (Å²) in [5.74, 6) is 1.91. The van der Waals surface area contributed by atoms with Crippen molar-refractivity contribution in [3.63, 3.8) is 0 Å². The van der Waals surface area contributed by atoms with Crippen molar-refractivity contribution in [3.05, 3.63) is 45.8 Å². The Morgan fingerprint density at radius 1 is 1.15 bits per heavy atom. The van der Waals surface area contributed by atoms with Crippen molar-refractivity contribution >= 4 is 17.4 Å². The van der Waals surface area contributed by atoms with Crippen LogP contribution in [-0.4, -0.2) is 78.6 Å². The van der Waals surface area contributed by atoms with Crippen LogP contribution in [-0.2, 0) is 6.42 Å². The van der Waals surface area contributed by atoms with E-state index >= 15 is 0 Å². The van der Waals surface area contributed by atoms with Crippen molar-refractivity contribution in [2.75, 3.05) is 56.6 Å². The van der Waals surface area contributed by atoms with Gasteiger partial charge in [0.1, 0.15) is 17.3 Å². The zero-order chi connectivity index (χ0) is 22.9. The SMILES string of the molecule is CNC(=O)c1ccc(N2CCN(C3CCC(c4nc5c(c(=O)[nH]4)CCCN5C)C3)CC2)cn1. The highest BCUT2D eigenvalue weighted by atomic mass is 16.1. The predicted molar refractivity (Wildman–Crippen MR) is 128 cm³/mol. The van der Waals surface area contributed by atoms with Crippen molar-refractivity contribution in [3.8, 4) is 0 Å². The summed E-state index contributed by atoms with van der Waals surface area (Å²) in [5.41, 5.74) is 2.40. The zero-order valence-corrected chi connectivity index (χ0v) is 19.5. The molecule has 1 aliphatic carbocycles. The van der Waals surface area contributed by atoms with Crippen molar-refractivity contribution in [1.82, 2.24) is 25.2 Å². The molecule has 1 saturated carbocycles. The van der Waals surface area contributed by atoms with Crippen LogP contribution in [0.4, 0.5) is 11.5 Å². The minimum absolute atomic E-state index is 0.0506. The first-order chi connectivity index (χ1) is 16.0. The third-order valence-corrected chi connectivity index (χ3v) is 7.49. The Morgan fingerprint density at radius 2 is 1.97 bits per heavy atom. The second kappa shape index (κ2) is 9.13. The topological polar surface area (TPSA) is 97.5 Å². The summed E-state index contributed by atoms with van der Waals surface area (Å²) in [6, 6.07) is 4.30. The molecule has 2 aromatic rings. The molecule has 0 bridgehead atoms. The first kappa shape index (κ1) is 21.9. The Kier molecular flexibility index (Phi) is 6.05. The zero-order valence-electron chi connectivity index (χ0n) is 19.5. The molecule has 0 aromatic carbocycles. The minimum atomic E-state index is -0.163. The second-order valence-electron chi connectivity index (χ2n) is 9.45. The number of nitrogens with one attached hydrogen (secondary N) is 2. The van der Waals surface area contributed by atoms with Gasteiger partial charge in [0.25, 0.3) is 11.5 Å². The molecule has 0 radical (unpaired) electrons. The van der Waals surface area contributed by atoms with Gasteiger partial charge in [-0.1, -0.05) is 0 Å². The van der Waals surface area contributed by atoms with E-state index in [4.69, 9.17) is 4.98 Å². The van der Waals surface area contributed by atoms with Crippen LogP contribution in [0.15, 0.2) is 23.1 Å². The maximum Gasteiger partial charge on any atom is 0.269 e. The van der Waals surface area contributed by atoms with Gasteiger partial charge < -0.3 is 20.1 Å². The van der Waals surface area contributed by atoms with Crippen LogP contribution in [0, 0.1) is 0 Å². The Balaban J connectivity index is 1.19. The lowest BCUT2D eigenvalue weighted by molar-refractivity contribution is 0.0958. The number of nitrogens with zero attached hydrogens (tertiary/aromatic N) is 5. The quantitative estimate of drug-likeness (QED) is 0.725. The molecule has 2 aromatic heterocycles. The van der Waals surface area contributed by atoms with E-state index in [9.17, 15) is 9.59 Å². The van der Waals surface area contributed by atoms with E-state index in [-0.39, 0.29) is 11.5 Å². The van der Waals surface area contributed by atoms with Gasteiger partial charge in [-0.25, -0.2) is 9.97 Å². The molecule has 2 N–H and O–H groups in total. The second-order valence-corrected chi connectivity index (χ2v) is 9.45. The fourth-order valence-electron chi connectivity index (χ4n) is 5.55. The van der Waals surface area contributed by atoms with Gasteiger partial charge in [0.2, 0.25) is 0 Å². The van der Waals surface area contributed by atoms with Crippen molar-refractivity contribution < 1.29 is 4.79 Å². The summed E-state index contributed by atoms with van der Waals surface area (Å²) in [5, 5.41) is 2.60. The van der Waals surface area contributed by atoms with Crippen LogP contribution in [0.3, 0.4) is 0 Å². The van der Waals surface area contributed by atoms with Crippen LogP contribution in [0.1, 0.15) is 53.5 Å². The Labute approximate surface area is 194 Å². The number of pyridine rings is 1. The number of rotatable bonds is 4. The van der Waals surface area contributed by atoms with Gasteiger partial charge in [-0.05, 0) is 44.2 Å². The molecule has 0 spiro atoms. The monoisotopic (exact) mass is 451 g/mol. The first-order valence-corrected chi connectivity index (χ1v) is 12.0. The lowest BCUT2D eigenvalue weighted by Crippen LogP contribution is -2.49. The molecule has 2 aliphatic heterocycles. The molecule has 5 rings (SSSR count). The standard InChI is InChI=1S/C24H33N7O2/c1-25-24(33)20-8-7-18(15-26-20)31-12-10-30(11-13-31)17-6-5-16(14-17)21-27-22-19(23(32)28-21)4-3-9-29(22)2/h7-8,15-17H,3-6,9-14H2,1-2H3,(H,25,33)(H,27,28,32). The predicted octanol–water partition coefficient (Wildman–Crippen LogP) is 1.37. The number of fused-ring (bicyclic) bond motifs is 1. The molecule has 4 heterocycles. The number of amides is 1. The van der Waals surface area contributed by atoms with Crippen LogP contribution in [0.2, 0.25) is 0 Å². The molecule has 2 atom stereocenters. The number of aromatic nitrogens is 3. The van der Waals surface area contributed by atoms with E-state index in [1.807, 2.05) is 13.1 Å². The number of piperazine rings is 1. The van der Waals surface area contributed by atoms with Crippen molar-refractivity contribution in [2.45, 2.75) is 44.1 Å². The highest BCUT2D eigenvalue weighted by molar-refractivity contribution is 5.92. The van der Waals surface area contributed by atoms with Crippen LogP contribution in [0.25, 0.3) is 0 Å². The Bertz CT molecular complexity index is 1060. The molecule has 1 saturated heterocycles. The smallest absolute Gasteiger partial charge is 0.269 e. The number of aromatic amines is 1. The van der Waals surface area contributed by atoms with E-state index < -0.39 is 0 Å². The number of carbonyl (C=O) groups is 1. The molecule has 2 fully saturated rings. The Hall–Kier alpha value is -2.94. The molecule has 2 unspecified atom stereocenters. The number of H-pyrrole nitrogens is 1. The third-order valence-electron chi connectivity index (χ3n) is 7.49. The normalized spacial score (nSPS) is 23.5. The summed E-state index contributed by atoms with van der Waals surface area (Å²) < 4.78 is 0. The summed E-state index contributed by atoms with van der Waals surface area (Å²) in [4.78, 5) is 43.7. The van der Waals surface area contributed by atoms with E-state index in [1.165, 1.54) is 0 Å². The van der Waals surface area contributed by atoms with Crippen LogP contribution < -0.4 is 20.7 Å². The number of hydrogen-bond donors (Lipinski definition) is 2. The first-order valence-electron chi connectivity index (χ1n) is 12.0. The molecule has 33 heavy (non-hydrogen) atoms. The summed E-state index contributed by atoms with van der Waals surface area (Å²) in [6.45, 7) is 4.86. The van der Waals surface area contributed by atoms with Gasteiger partial charge >= 0.3 is 0 Å². The van der Waals surface area contributed by atoms with Gasteiger partial charge in [-0.15, -0.1) is 0 Å². The summed E-state index contributed by atoms with van der Waals surface area (Å²) >= 11 is 0. The molecule has 1 amide bonds. The maximum absolute atomic E-state index is 12.7. The fourth-order valence-corrected chi connectivity index (χ4v) is 5.55. The van der Waals surface area contributed by atoms with Gasteiger partial charge in [0.05, 0.1) is 17.4 Å². The largest absolute Gasteiger partial charge is 0.368 e.